The lowest BCUT2D eigenvalue weighted by molar-refractivity contribution is 0.434. The zero-order valence-corrected chi connectivity index (χ0v) is 8.90. The summed E-state index contributed by atoms with van der Waals surface area (Å²) in [6.45, 7) is 6.53. The van der Waals surface area contributed by atoms with E-state index in [9.17, 15) is 0 Å². The Bertz CT molecular complexity index is 286. The Morgan fingerprint density at radius 1 is 1.21 bits per heavy atom. The third-order valence-corrected chi connectivity index (χ3v) is 2.83. The van der Waals surface area contributed by atoms with Crippen LogP contribution >= 0.6 is 0 Å². The molecule has 3 nitrogen and oxygen atoms in total. The van der Waals surface area contributed by atoms with Gasteiger partial charge in [-0.15, -0.1) is 0 Å². The van der Waals surface area contributed by atoms with Crippen molar-refractivity contribution in [2.24, 2.45) is 5.92 Å². The van der Waals surface area contributed by atoms with Gasteiger partial charge < -0.3 is 4.90 Å². The molecular formula is C11H17N3. The van der Waals surface area contributed by atoms with Gasteiger partial charge >= 0.3 is 0 Å². The number of hydrogen-bond donors (Lipinski definition) is 0. The third kappa shape index (κ3) is 2.03. The van der Waals surface area contributed by atoms with E-state index in [0.29, 0.717) is 0 Å². The molecule has 0 spiro atoms. The summed E-state index contributed by atoms with van der Waals surface area (Å²) in [4.78, 5) is 11.0. The number of aryl methyl sites for hydroxylation is 1. The maximum atomic E-state index is 4.34. The average molecular weight is 191 g/mol. The predicted octanol–water partition coefficient (Wildman–Crippen LogP) is 2.02. The third-order valence-electron chi connectivity index (χ3n) is 2.83. The van der Waals surface area contributed by atoms with E-state index >= 15 is 0 Å². The Labute approximate surface area is 85.2 Å². The Hall–Kier alpha value is -1.12. The molecule has 0 aromatic carbocycles. The van der Waals surface area contributed by atoms with Gasteiger partial charge in [-0.25, -0.2) is 9.97 Å². The van der Waals surface area contributed by atoms with Crippen LogP contribution in [-0.4, -0.2) is 23.1 Å². The monoisotopic (exact) mass is 191 g/mol. The van der Waals surface area contributed by atoms with Crippen molar-refractivity contribution < 1.29 is 0 Å². The molecule has 76 valence electrons. The Morgan fingerprint density at radius 2 is 1.79 bits per heavy atom. The van der Waals surface area contributed by atoms with Gasteiger partial charge in [-0.3, -0.25) is 0 Å². The first-order chi connectivity index (χ1) is 6.75. The second kappa shape index (κ2) is 3.95. The maximum Gasteiger partial charge on any atom is 0.225 e. The van der Waals surface area contributed by atoms with Crippen molar-refractivity contribution in [1.82, 2.24) is 9.97 Å². The molecule has 14 heavy (non-hydrogen) atoms. The van der Waals surface area contributed by atoms with Crippen LogP contribution in [0.5, 0.6) is 0 Å². The molecular weight excluding hydrogens is 174 g/mol. The molecule has 0 saturated carbocycles. The van der Waals surface area contributed by atoms with Crippen molar-refractivity contribution in [3.8, 4) is 0 Å². The molecule has 0 unspecified atom stereocenters. The summed E-state index contributed by atoms with van der Waals surface area (Å²) in [7, 11) is 0. The zero-order chi connectivity index (χ0) is 9.97. The molecule has 0 aliphatic carbocycles. The van der Waals surface area contributed by atoms with Crippen LogP contribution in [0.4, 0.5) is 5.95 Å². The van der Waals surface area contributed by atoms with Gasteiger partial charge in [0, 0.05) is 25.5 Å². The molecule has 3 heteroatoms. The highest BCUT2D eigenvalue weighted by Crippen LogP contribution is 2.19. The van der Waals surface area contributed by atoms with Crippen LogP contribution in [0.2, 0.25) is 0 Å². The largest absolute Gasteiger partial charge is 0.341 e. The van der Waals surface area contributed by atoms with Crippen LogP contribution in [0.15, 0.2) is 12.4 Å². The molecule has 0 radical (unpaired) electrons. The normalized spacial score (nSPS) is 18.6. The fourth-order valence-corrected chi connectivity index (χ4v) is 1.76. The molecule has 1 aliphatic heterocycles. The first-order valence-corrected chi connectivity index (χ1v) is 5.29. The summed E-state index contributed by atoms with van der Waals surface area (Å²) in [5.41, 5.74) is 1.12. The topological polar surface area (TPSA) is 29.0 Å². The summed E-state index contributed by atoms with van der Waals surface area (Å²) in [6.07, 6.45) is 6.30. The quantitative estimate of drug-likeness (QED) is 0.680. The van der Waals surface area contributed by atoms with Crippen LogP contribution in [0.3, 0.4) is 0 Å². The van der Waals surface area contributed by atoms with Gasteiger partial charge in [0.2, 0.25) is 5.95 Å². The van der Waals surface area contributed by atoms with Gasteiger partial charge in [0.1, 0.15) is 0 Å². The second-order valence-electron chi connectivity index (χ2n) is 4.23. The lowest BCUT2D eigenvalue weighted by Crippen LogP contribution is -2.33. The van der Waals surface area contributed by atoms with E-state index < -0.39 is 0 Å². The van der Waals surface area contributed by atoms with E-state index in [1.807, 2.05) is 19.3 Å². The summed E-state index contributed by atoms with van der Waals surface area (Å²) >= 11 is 0. The minimum atomic E-state index is 0.858. The van der Waals surface area contributed by atoms with E-state index in [1.54, 1.807) is 0 Å². The van der Waals surface area contributed by atoms with E-state index in [-0.39, 0.29) is 0 Å². The Morgan fingerprint density at radius 3 is 2.36 bits per heavy atom. The second-order valence-corrected chi connectivity index (χ2v) is 4.23. The molecule has 2 heterocycles. The number of anilines is 1. The van der Waals surface area contributed by atoms with Crippen molar-refractivity contribution in [2.75, 3.05) is 18.0 Å². The highest BCUT2D eigenvalue weighted by Gasteiger charge is 2.17. The molecule has 1 aliphatic rings. The molecule has 0 N–H and O–H groups in total. The van der Waals surface area contributed by atoms with Gasteiger partial charge in [0.05, 0.1) is 0 Å². The SMILES string of the molecule is Cc1cnc(N2CCC(C)CC2)nc1. The molecule has 0 bridgehead atoms. The van der Waals surface area contributed by atoms with Crippen molar-refractivity contribution >= 4 is 5.95 Å². The highest BCUT2D eigenvalue weighted by atomic mass is 15.2. The standard InChI is InChI=1S/C11H17N3/c1-9-3-5-14(6-4-9)11-12-7-10(2)8-13-11/h7-9H,3-6H2,1-2H3. The van der Waals surface area contributed by atoms with Crippen molar-refractivity contribution in [2.45, 2.75) is 26.7 Å². The van der Waals surface area contributed by atoms with Gasteiger partial charge in [0.15, 0.2) is 0 Å². The lowest BCUT2D eigenvalue weighted by atomic mass is 10.00. The van der Waals surface area contributed by atoms with Gasteiger partial charge in [-0.1, -0.05) is 6.92 Å². The van der Waals surface area contributed by atoms with Crippen LogP contribution in [0, 0.1) is 12.8 Å². The summed E-state index contributed by atoms with van der Waals surface area (Å²) in [6, 6.07) is 0. The minimum Gasteiger partial charge on any atom is -0.341 e. The number of piperidine rings is 1. The molecule has 1 fully saturated rings. The molecule has 0 amide bonds. The average Bonchev–Trinajstić information content (AvgIpc) is 2.21. The van der Waals surface area contributed by atoms with Crippen LogP contribution in [0.25, 0.3) is 0 Å². The highest BCUT2D eigenvalue weighted by molar-refractivity contribution is 5.30. The molecule has 1 saturated heterocycles. The summed E-state index contributed by atoms with van der Waals surface area (Å²) in [5.74, 6) is 1.75. The van der Waals surface area contributed by atoms with Crippen molar-refractivity contribution in [3.05, 3.63) is 18.0 Å². The minimum absolute atomic E-state index is 0.858. The van der Waals surface area contributed by atoms with Crippen LogP contribution in [-0.2, 0) is 0 Å². The number of nitrogens with zero attached hydrogens (tertiary/aromatic N) is 3. The zero-order valence-electron chi connectivity index (χ0n) is 8.90. The summed E-state index contributed by atoms with van der Waals surface area (Å²) < 4.78 is 0. The Balaban J connectivity index is 2.05. The molecule has 1 aromatic rings. The number of hydrogen-bond acceptors (Lipinski definition) is 3. The summed E-state index contributed by atoms with van der Waals surface area (Å²) in [5, 5.41) is 0. The lowest BCUT2D eigenvalue weighted by Gasteiger charge is -2.30. The van der Waals surface area contributed by atoms with E-state index in [2.05, 4.69) is 21.8 Å². The van der Waals surface area contributed by atoms with Crippen molar-refractivity contribution in [3.63, 3.8) is 0 Å². The smallest absolute Gasteiger partial charge is 0.225 e. The van der Waals surface area contributed by atoms with E-state index in [1.165, 1.54) is 12.8 Å². The maximum absolute atomic E-state index is 4.34. The van der Waals surface area contributed by atoms with Crippen LogP contribution < -0.4 is 4.90 Å². The fourth-order valence-electron chi connectivity index (χ4n) is 1.76. The number of rotatable bonds is 1. The molecule has 1 aromatic heterocycles. The van der Waals surface area contributed by atoms with Crippen LogP contribution in [0.1, 0.15) is 25.3 Å². The predicted molar refractivity (Wildman–Crippen MR) is 57.4 cm³/mol. The van der Waals surface area contributed by atoms with E-state index in [4.69, 9.17) is 0 Å². The molecule has 0 atom stereocenters. The molecule has 2 rings (SSSR count). The van der Waals surface area contributed by atoms with Gasteiger partial charge in [0.25, 0.3) is 0 Å². The fraction of sp³-hybridized carbons (Fsp3) is 0.636. The van der Waals surface area contributed by atoms with Gasteiger partial charge in [-0.05, 0) is 31.2 Å². The Kier molecular flexibility index (Phi) is 2.66. The first kappa shape index (κ1) is 9.44. The van der Waals surface area contributed by atoms with E-state index in [0.717, 1.165) is 30.5 Å². The first-order valence-electron chi connectivity index (χ1n) is 5.29. The number of aromatic nitrogens is 2. The van der Waals surface area contributed by atoms with Gasteiger partial charge in [-0.2, -0.15) is 0 Å². The van der Waals surface area contributed by atoms with Crippen molar-refractivity contribution in [1.29, 1.82) is 0 Å².